The summed E-state index contributed by atoms with van der Waals surface area (Å²) in [5, 5.41) is 9.23. The fraction of sp³-hybridized carbons (Fsp3) is 0.294. The highest BCUT2D eigenvalue weighted by atomic mass is 15.1. The quantitative estimate of drug-likeness (QED) is 0.782. The molecule has 1 aromatic carbocycles. The highest BCUT2D eigenvalue weighted by Crippen LogP contribution is 2.26. The maximum absolute atomic E-state index is 9.23. The van der Waals surface area contributed by atoms with Crippen LogP contribution in [-0.4, -0.2) is 18.8 Å². The van der Waals surface area contributed by atoms with Crippen molar-refractivity contribution in [3.8, 4) is 6.07 Å². The molecule has 0 fully saturated rings. The Bertz CT molecular complexity index is 617. The average Bonchev–Trinajstić information content (AvgIpc) is 2.48. The number of benzene rings is 1. The van der Waals surface area contributed by atoms with Crippen molar-refractivity contribution in [2.24, 2.45) is 4.99 Å². The number of anilines is 1. The Labute approximate surface area is 120 Å². The molecule has 0 bridgehead atoms. The van der Waals surface area contributed by atoms with Gasteiger partial charge in [-0.25, -0.2) is 0 Å². The van der Waals surface area contributed by atoms with Crippen LogP contribution < -0.4 is 4.90 Å². The van der Waals surface area contributed by atoms with Crippen molar-refractivity contribution in [1.82, 2.24) is 0 Å². The first-order valence-corrected chi connectivity index (χ1v) is 6.75. The monoisotopic (exact) mass is 265 g/mol. The minimum Gasteiger partial charge on any atom is -0.366 e. The van der Waals surface area contributed by atoms with E-state index in [4.69, 9.17) is 0 Å². The summed E-state index contributed by atoms with van der Waals surface area (Å²) in [7, 11) is 0. The lowest BCUT2D eigenvalue weighted by atomic mass is 9.97. The van der Waals surface area contributed by atoms with Crippen LogP contribution in [0.25, 0.3) is 0 Å². The van der Waals surface area contributed by atoms with Crippen molar-refractivity contribution in [3.05, 3.63) is 53.8 Å². The van der Waals surface area contributed by atoms with Crippen molar-refractivity contribution in [3.63, 3.8) is 0 Å². The highest BCUT2D eigenvalue weighted by Gasteiger charge is 2.20. The Hall–Kier alpha value is -2.34. The summed E-state index contributed by atoms with van der Waals surface area (Å²) in [5.74, 6) is 0. The van der Waals surface area contributed by atoms with E-state index in [1.165, 1.54) is 11.1 Å². The van der Waals surface area contributed by atoms with E-state index in [1.807, 2.05) is 31.2 Å². The van der Waals surface area contributed by atoms with E-state index in [-0.39, 0.29) is 0 Å². The molecule has 2 rings (SSSR count). The van der Waals surface area contributed by atoms with Crippen molar-refractivity contribution in [2.45, 2.75) is 20.3 Å². The lowest BCUT2D eigenvalue weighted by Gasteiger charge is -2.32. The molecule has 1 heterocycles. The second kappa shape index (κ2) is 6.21. The second-order valence-corrected chi connectivity index (χ2v) is 4.96. The van der Waals surface area contributed by atoms with Gasteiger partial charge in [-0.05, 0) is 38.0 Å². The largest absolute Gasteiger partial charge is 0.366 e. The molecule has 1 aliphatic rings. The summed E-state index contributed by atoms with van der Waals surface area (Å²) in [6.45, 7) is 9.57. The summed E-state index contributed by atoms with van der Waals surface area (Å²) in [6.07, 6.45) is 2.58. The summed E-state index contributed by atoms with van der Waals surface area (Å²) < 4.78 is 0. The van der Waals surface area contributed by atoms with Crippen molar-refractivity contribution < 1.29 is 0 Å². The predicted octanol–water partition coefficient (Wildman–Crippen LogP) is 3.69. The number of rotatable bonds is 3. The van der Waals surface area contributed by atoms with Crippen LogP contribution in [0.2, 0.25) is 0 Å². The zero-order valence-corrected chi connectivity index (χ0v) is 12.1. The zero-order chi connectivity index (χ0) is 14.5. The fourth-order valence-electron chi connectivity index (χ4n) is 2.55. The fourth-order valence-corrected chi connectivity index (χ4v) is 2.55. The van der Waals surface area contributed by atoms with Gasteiger partial charge in [-0.15, -0.1) is 0 Å². The molecule has 0 amide bonds. The molecular formula is C17H19N3. The Morgan fingerprint density at radius 1 is 1.45 bits per heavy atom. The van der Waals surface area contributed by atoms with Gasteiger partial charge < -0.3 is 4.90 Å². The lowest BCUT2D eigenvalue weighted by molar-refractivity contribution is 0.772. The maximum Gasteiger partial charge on any atom is 0.101 e. The molecule has 3 heteroatoms. The maximum atomic E-state index is 9.23. The van der Waals surface area contributed by atoms with Gasteiger partial charge in [0.25, 0.3) is 0 Å². The molecule has 1 aromatic rings. The van der Waals surface area contributed by atoms with Gasteiger partial charge in [-0.1, -0.05) is 24.3 Å². The van der Waals surface area contributed by atoms with Crippen molar-refractivity contribution in [1.29, 1.82) is 5.26 Å². The average molecular weight is 265 g/mol. The minimum absolute atomic E-state index is 0.727. The molecule has 0 radical (unpaired) electrons. The first-order valence-electron chi connectivity index (χ1n) is 6.75. The highest BCUT2D eigenvalue weighted by molar-refractivity contribution is 6.00. The van der Waals surface area contributed by atoms with Gasteiger partial charge >= 0.3 is 0 Å². The molecular weight excluding hydrogens is 246 g/mol. The SMILES string of the molecule is C=CN=C(C)C1=C(C)CCN(c2ccccc2C#N)C1. The van der Waals surface area contributed by atoms with Crippen LogP contribution in [0.5, 0.6) is 0 Å². The number of hydrogen-bond acceptors (Lipinski definition) is 3. The van der Waals surface area contributed by atoms with Gasteiger partial charge in [-0.2, -0.15) is 5.26 Å². The number of nitriles is 1. The Morgan fingerprint density at radius 3 is 2.90 bits per heavy atom. The molecule has 0 spiro atoms. The second-order valence-electron chi connectivity index (χ2n) is 4.96. The van der Waals surface area contributed by atoms with E-state index < -0.39 is 0 Å². The first kappa shape index (κ1) is 14.1. The molecule has 0 N–H and O–H groups in total. The number of hydrogen-bond donors (Lipinski definition) is 0. The first-order chi connectivity index (χ1) is 9.67. The molecule has 3 nitrogen and oxygen atoms in total. The van der Waals surface area contributed by atoms with E-state index >= 15 is 0 Å². The number of aliphatic imine (C=N–C) groups is 1. The van der Waals surface area contributed by atoms with Crippen LogP contribution in [0, 0.1) is 11.3 Å². The van der Waals surface area contributed by atoms with Gasteiger partial charge in [0.15, 0.2) is 0 Å². The number of para-hydroxylation sites is 1. The summed E-state index contributed by atoms with van der Waals surface area (Å²) in [6, 6.07) is 10.0. The van der Waals surface area contributed by atoms with Crippen molar-refractivity contribution in [2.75, 3.05) is 18.0 Å². The van der Waals surface area contributed by atoms with E-state index in [2.05, 4.69) is 29.5 Å². The molecule has 0 aliphatic carbocycles. The molecule has 0 unspecified atom stereocenters. The standard InChI is InChI=1S/C17H19N3/c1-4-19-14(3)16-12-20(10-9-13(16)2)17-8-6-5-7-15(17)11-18/h4-8H,1,9-10,12H2,2-3H3. The summed E-state index contributed by atoms with van der Waals surface area (Å²) in [4.78, 5) is 6.55. The minimum atomic E-state index is 0.727. The molecule has 0 aromatic heterocycles. The molecule has 0 saturated carbocycles. The molecule has 102 valence electrons. The zero-order valence-electron chi connectivity index (χ0n) is 12.1. The van der Waals surface area contributed by atoms with Gasteiger partial charge in [0.1, 0.15) is 6.07 Å². The summed E-state index contributed by atoms with van der Waals surface area (Å²) in [5.41, 5.74) is 5.37. The van der Waals surface area contributed by atoms with Gasteiger partial charge in [0, 0.05) is 25.0 Å². The van der Waals surface area contributed by atoms with Crippen LogP contribution in [0.4, 0.5) is 5.69 Å². The van der Waals surface area contributed by atoms with Gasteiger partial charge in [-0.3, -0.25) is 4.99 Å². The Morgan fingerprint density at radius 2 is 2.20 bits per heavy atom. The number of nitrogens with zero attached hydrogens (tertiary/aromatic N) is 3. The Balaban J connectivity index is 2.33. The van der Waals surface area contributed by atoms with Crippen LogP contribution in [0.3, 0.4) is 0 Å². The van der Waals surface area contributed by atoms with E-state index in [9.17, 15) is 5.26 Å². The van der Waals surface area contributed by atoms with Gasteiger partial charge in [0.05, 0.1) is 11.3 Å². The van der Waals surface area contributed by atoms with Crippen LogP contribution in [0.15, 0.2) is 53.2 Å². The predicted molar refractivity (Wildman–Crippen MR) is 84.0 cm³/mol. The lowest BCUT2D eigenvalue weighted by Crippen LogP contribution is -2.33. The van der Waals surface area contributed by atoms with Crippen LogP contribution >= 0.6 is 0 Å². The van der Waals surface area contributed by atoms with Crippen molar-refractivity contribution >= 4 is 11.4 Å². The van der Waals surface area contributed by atoms with Crippen LogP contribution in [0.1, 0.15) is 25.8 Å². The third-order valence-corrected chi connectivity index (χ3v) is 3.71. The molecule has 0 saturated heterocycles. The molecule has 1 aliphatic heterocycles. The van der Waals surface area contributed by atoms with E-state index in [0.717, 1.165) is 36.5 Å². The molecule has 0 atom stereocenters. The topological polar surface area (TPSA) is 39.4 Å². The Kier molecular flexibility index (Phi) is 4.37. The third kappa shape index (κ3) is 2.80. The third-order valence-electron chi connectivity index (χ3n) is 3.71. The van der Waals surface area contributed by atoms with E-state index in [0.29, 0.717) is 0 Å². The van der Waals surface area contributed by atoms with Crippen LogP contribution in [-0.2, 0) is 0 Å². The molecule has 20 heavy (non-hydrogen) atoms. The van der Waals surface area contributed by atoms with Gasteiger partial charge in [0.2, 0.25) is 0 Å². The normalized spacial score (nSPS) is 16.1. The summed E-state index contributed by atoms with van der Waals surface area (Å²) >= 11 is 0. The van der Waals surface area contributed by atoms with E-state index in [1.54, 1.807) is 6.20 Å². The smallest absolute Gasteiger partial charge is 0.101 e.